The first-order valence-electron chi connectivity index (χ1n) is 9.40. The third-order valence-electron chi connectivity index (χ3n) is 4.44. The van der Waals surface area contributed by atoms with Gasteiger partial charge in [0.25, 0.3) is 0 Å². The van der Waals surface area contributed by atoms with Crippen LogP contribution in [0, 0.1) is 0 Å². The van der Waals surface area contributed by atoms with E-state index in [2.05, 4.69) is 29.4 Å². The standard InChI is InChI=1S/C20H27N3O5/c1-5-23(6-2)15-10-8-14(9-11-15)18(24)28-12-16-17(19(25)27-7-3)13(4)21-20(26)22-16/h8-11,13H,5-7,12H2,1-4H3,(H2,21,22,26)/t13-/m1/s1. The van der Waals surface area contributed by atoms with E-state index < -0.39 is 24.0 Å². The molecule has 1 aliphatic rings. The van der Waals surface area contributed by atoms with Crippen molar-refractivity contribution in [1.29, 1.82) is 0 Å². The lowest BCUT2D eigenvalue weighted by Crippen LogP contribution is -2.50. The monoisotopic (exact) mass is 389 g/mol. The van der Waals surface area contributed by atoms with E-state index in [0.717, 1.165) is 18.8 Å². The zero-order valence-electron chi connectivity index (χ0n) is 16.7. The number of carbonyl (C=O) groups excluding carboxylic acids is 3. The Morgan fingerprint density at radius 3 is 2.25 bits per heavy atom. The number of amides is 2. The molecule has 1 aromatic rings. The van der Waals surface area contributed by atoms with Crippen molar-refractivity contribution in [3.05, 3.63) is 41.1 Å². The second kappa shape index (κ2) is 9.77. The van der Waals surface area contributed by atoms with E-state index in [9.17, 15) is 14.4 Å². The van der Waals surface area contributed by atoms with E-state index in [1.54, 1.807) is 26.0 Å². The molecule has 2 N–H and O–H groups in total. The number of urea groups is 1. The number of ether oxygens (including phenoxy) is 2. The number of rotatable bonds is 8. The molecule has 0 aliphatic carbocycles. The summed E-state index contributed by atoms with van der Waals surface area (Å²) in [4.78, 5) is 38.4. The molecule has 1 heterocycles. The first kappa shape index (κ1) is 21.3. The zero-order valence-corrected chi connectivity index (χ0v) is 16.7. The van der Waals surface area contributed by atoms with Gasteiger partial charge < -0.3 is 25.0 Å². The lowest BCUT2D eigenvalue weighted by Gasteiger charge is -2.26. The van der Waals surface area contributed by atoms with E-state index in [1.807, 2.05) is 12.1 Å². The maximum absolute atomic E-state index is 12.4. The van der Waals surface area contributed by atoms with E-state index in [-0.39, 0.29) is 24.5 Å². The highest BCUT2D eigenvalue weighted by Crippen LogP contribution is 2.17. The molecule has 0 aromatic heterocycles. The quantitative estimate of drug-likeness (QED) is 0.662. The summed E-state index contributed by atoms with van der Waals surface area (Å²) >= 11 is 0. The number of esters is 2. The first-order valence-corrected chi connectivity index (χ1v) is 9.40. The van der Waals surface area contributed by atoms with Gasteiger partial charge in [-0.3, -0.25) is 0 Å². The van der Waals surface area contributed by atoms with Crippen molar-refractivity contribution in [3.63, 3.8) is 0 Å². The molecule has 8 nitrogen and oxygen atoms in total. The summed E-state index contributed by atoms with van der Waals surface area (Å²) in [6.07, 6.45) is 0. The predicted octanol–water partition coefficient (Wildman–Crippen LogP) is 2.21. The minimum absolute atomic E-state index is 0.203. The van der Waals surface area contributed by atoms with Gasteiger partial charge in [0, 0.05) is 18.8 Å². The molecular weight excluding hydrogens is 362 g/mol. The van der Waals surface area contributed by atoms with Crippen molar-refractivity contribution < 1.29 is 23.9 Å². The highest BCUT2D eigenvalue weighted by Gasteiger charge is 2.30. The minimum Gasteiger partial charge on any atom is -0.463 e. The maximum atomic E-state index is 12.4. The Morgan fingerprint density at radius 2 is 1.68 bits per heavy atom. The van der Waals surface area contributed by atoms with Crippen molar-refractivity contribution in [2.75, 3.05) is 31.2 Å². The largest absolute Gasteiger partial charge is 0.463 e. The Hall–Kier alpha value is -3.03. The van der Waals surface area contributed by atoms with Gasteiger partial charge in [0.2, 0.25) is 0 Å². The van der Waals surface area contributed by atoms with Crippen molar-refractivity contribution >= 4 is 23.7 Å². The van der Waals surface area contributed by atoms with Crippen LogP contribution in [0.3, 0.4) is 0 Å². The second-order valence-electron chi connectivity index (χ2n) is 6.23. The minimum atomic E-state index is -0.558. The molecule has 0 unspecified atom stereocenters. The smallest absolute Gasteiger partial charge is 0.338 e. The van der Waals surface area contributed by atoms with Crippen LogP contribution in [0.2, 0.25) is 0 Å². The molecule has 8 heteroatoms. The molecule has 1 aromatic carbocycles. The molecular formula is C20H27N3O5. The molecule has 0 spiro atoms. The Labute approximate surface area is 164 Å². The molecule has 2 amide bonds. The van der Waals surface area contributed by atoms with E-state index >= 15 is 0 Å². The number of hydrogen-bond acceptors (Lipinski definition) is 6. The van der Waals surface area contributed by atoms with Gasteiger partial charge >= 0.3 is 18.0 Å². The summed E-state index contributed by atoms with van der Waals surface area (Å²) in [5.41, 5.74) is 1.88. The Balaban J connectivity index is 2.11. The number of benzene rings is 1. The number of nitrogens with one attached hydrogen (secondary N) is 2. The van der Waals surface area contributed by atoms with Gasteiger partial charge in [-0.1, -0.05) is 0 Å². The van der Waals surface area contributed by atoms with Crippen molar-refractivity contribution in [2.24, 2.45) is 0 Å². The highest BCUT2D eigenvalue weighted by molar-refractivity contribution is 5.95. The Kier molecular flexibility index (Phi) is 7.43. The third-order valence-corrected chi connectivity index (χ3v) is 4.44. The van der Waals surface area contributed by atoms with Crippen LogP contribution in [0.15, 0.2) is 35.5 Å². The summed E-state index contributed by atoms with van der Waals surface area (Å²) in [5.74, 6) is -1.10. The molecule has 28 heavy (non-hydrogen) atoms. The van der Waals surface area contributed by atoms with Crippen LogP contribution >= 0.6 is 0 Å². The summed E-state index contributed by atoms with van der Waals surface area (Å²) < 4.78 is 10.3. The Bertz CT molecular complexity index is 754. The van der Waals surface area contributed by atoms with Gasteiger partial charge in [-0.2, -0.15) is 0 Å². The molecule has 0 bridgehead atoms. The summed E-state index contributed by atoms with van der Waals surface area (Å²) in [7, 11) is 0. The third kappa shape index (κ3) is 5.03. The predicted molar refractivity (Wildman–Crippen MR) is 105 cm³/mol. The number of hydrogen-bond donors (Lipinski definition) is 2. The lowest BCUT2D eigenvalue weighted by atomic mass is 10.0. The van der Waals surface area contributed by atoms with Crippen molar-refractivity contribution in [2.45, 2.75) is 33.7 Å². The van der Waals surface area contributed by atoms with Gasteiger partial charge in [-0.15, -0.1) is 0 Å². The van der Waals surface area contributed by atoms with Crippen LogP contribution in [-0.4, -0.2) is 50.3 Å². The van der Waals surface area contributed by atoms with Gasteiger partial charge in [0.15, 0.2) is 0 Å². The number of anilines is 1. The van der Waals surface area contributed by atoms with Crippen molar-refractivity contribution in [3.8, 4) is 0 Å². The van der Waals surface area contributed by atoms with Gasteiger partial charge in [-0.05, 0) is 52.0 Å². The fraction of sp³-hybridized carbons (Fsp3) is 0.450. The van der Waals surface area contributed by atoms with E-state index in [4.69, 9.17) is 9.47 Å². The molecule has 2 rings (SSSR count). The fourth-order valence-corrected chi connectivity index (χ4v) is 3.01. The SMILES string of the molecule is CCOC(=O)C1=C(COC(=O)c2ccc(N(CC)CC)cc2)NC(=O)N[C@@H]1C. The molecule has 152 valence electrons. The number of carbonyl (C=O) groups is 3. The highest BCUT2D eigenvalue weighted by atomic mass is 16.5. The second-order valence-corrected chi connectivity index (χ2v) is 6.23. The summed E-state index contributed by atoms with van der Waals surface area (Å²) in [6, 6.07) is 6.10. The van der Waals surface area contributed by atoms with Crippen LogP contribution < -0.4 is 15.5 Å². The van der Waals surface area contributed by atoms with Crippen LogP contribution in [0.4, 0.5) is 10.5 Å². The average Bonchev–Trinajstić information content (AvgIpc) is 2.67. The summed E-state index contributed by atoms with van der Waals surface area (Å²) in [6.45, 7) is 9.20. The molecule has 0 radical (unpaired) electrons. The molecule has 0 saturated heterocycles. The van der Waals surface area contributed by atoms with Crippen LogP contribution in [0.5, 0.6) is 0 Å². The van der Waals surface area contributed by atoms with E-state index in [1.165, 1.54) is 0 Å². The zero-order chi connectivity index (χ0) is 20.7. The van der Waals surface area contributed by atoms with Crippen molar-refractivity contribution in [1.82, 2.24) is 10.6 Å². The van der Waals surface area contributed by atoms with Crippen LogP contribution in [0.1, 0.15) is 38.1 Å². The molecule has 0 fully saturated rings. The topological polar surface area (TPSA) is 97.0 Å². The first-order chi connectivity index (χ1) is 13.4. The fourth-order valence-electron chi connectivity index (χ4n) is 3.01. The summed E-state index contributed by atoms with van der Waals surface area (Å²) in [5, 5.41) is 5.12. The molecule has 1 atom stereocenters. The van der Waals surface area contributed by atoms with Gasteiger partial charge in [0.1, 0.15) is 6.61 Å². The lowest BCUT2D eigenvalue weighted by molar-refractivity contribution is -0.139. The van der Waals surface area contributed by atoms with Gasteiger partial charge in [0.05, 0.1) is 29.5 Å². The normalized spacial score (nSPS) is 16.1. The average molecular weight is 389 g/mol. The number of nitrogens with zero attached hydrogens (tertiary/aromatic N) is 1. The van der Waals surface area contributed by atoms with Crippen LogP contribution in [0.25, 0.3) is 0 Å². The Morgan fingerprint density at radius 1 is 1.04 bits per heavy atom. The van der Waals surface area contributed by atoms with Gasteiger partial charge in [-0.25, -0.2) is 14.4 Å². The molecule has 1 aliphatic heterocycles. The maximum Gasteiger partial charge on any atom is 0.338 e. The van der Waals surface area contributed by atoms with Crippen LogP contribution in [-0.2, 0) is 14.3 Å². The van der Waals surface area contributed by atoms with E-state index in [0.29, 0.717) is 5.56 Å². The molecule has 0 saturated carbocycles.